The van der Waals surface area contributed by atoms with E-state index in [1.165, 1.54) is 5.56 Å². The first-order valence-electron chi connectivity index (χ1n) is 10.7. The van der Waals surface area contributed by atoms with Crippen LogP contribution in [0.4, 0.5) is 5.82 Å². The van der Waals surface area contributed by atoms with Crippen LogP contribution in [0, 0.1) is 5.92 Å². The van der Waals surface area contributed by atoms with Crippen molar-refractivity contribution in [3.63, 3.8) is 0 Å². The molecule has 0 aliphatic carbocycles. The number of piperidine rings is 1. The number of nitrogens with zero attached hydrogens (tertiary/aromatic N) is 3. The Hall–Kier alpha value is -3.09. The number of aromatic nitrogens is 1. The number of amides is 1. The highest BCUT2D eigenvalue weighted by Crippen LogP contribution is 2.25. The van der Waals surface area contributed by atoms with Crippen molar-refractivity contribution >= 4 is 17.7 Å². The molecule has 30 heavy (non-hydrogen) atoms. The van der Waals surface area contributed by atoms with E-state index in [9.17, 15) is 4.79 Å². The summed E-state index contributed by atoms with van der Waals surface area (Å²) >= 11 is 0. The molecule has 1 saturated heterocycles. The maximum atomic E-state index is 11.5. The van der Waals surface area contributed by atoms with E-state index in [0.717, 1.165) is 49.8 Å². The smallest absolute Gasteiger partial charge is 0.220 e. The SMILES string of the molecule is CCNC(=NCc1cccnc1N1CCC(C(N)=O)CC1)NC(C)c1ccccc1. The summed E-state index contributed by atoms with van der Waals surface area (Å²) in [4.78, 5) is 23.1. The molecule has 1 aliphatic rings. The third kappa shape index (κ3) is 5.72. The molecule has 0 spiro atoms. The van der Waals surface area contributed by atoms with E-state index in [1.54, 1.807) is 0 Å². The summed E-state index contributed by atoms with van der Waals surface area (Å²) in [6.45, 7) is 7.06. The number of aliphatic imine (C=N–C) groups is 1. The van der Waals surface area contributed by atoms with Gasteiger partial charge in [0.05, 0.1) is 12.6 Å². The maximum absolute atomic E-state index is 11.5. The number of carbonyl (C=O) groups is 1. The van der Waals surface area contributed by atoms with Gasteiger partial charge in [-0.2, -0.15) is 0 Å². The van der Waals surface area contributed by atoms with E-state index in [4.69, 9.17) is 10.7 Å². The molecule has 0 radical (unpaired) electrons. The molecule has 7 nitrogen and oxygen atoms in total. The van der Waals surface area contributed by atoms with Crippen LogP contribution in [0.25, 0.3) is 0 Å². The molecule has 1 fully saturated rings. The summed E-state index contributed by atoms with van der Waals surface area (Å²) in [6, 6.07) is 14.5. The van der Waals surface area contributed by atoms with Crippen LogP contribution >= 0.6 is 0 Å². The van der Waals surface area contributed by atoms with E-state index in [0.29, 0.717) is 6.54 Å². The fourth-order valence-electron chi connectivity index (χ4n) is 3.73. The Balaban J connectivity index is 1.69. The maximum Gasteiger partial charge on any atom is 0.220 e. The van der Waals surface area contributed by atoms with Crippen molar-refractivity contribution in [2.45, 2.75) is 39.3 Å². The van der Waals surface area contributed by atoms with Crippen molar-refractivity contribution in [1.29, 1.82) is 0 Å². The minimum Gasteiger partial charge on any atom is -0.369 e. The van der Waals surface area contributed by atoms with Crippen molar-refractivity contribution in [2.24, 2.45) is 16.6 Å². The second-order valence-electron chi connectivity index (χ2n) is 7.62. The molecule has 7 heteroatoms. The minimum atomic E-state index is -0.200. The molecule has 3 rings (SSSR count). The van der Waals surface area contributed by atoms with Gasteiger partial charge >= 0.3 is 0 Å². The second-order valence-corrected chi connectivity index (χ2v) is 7.62. The van der Waals surface area contributed by atoms with E-state index < -0.39 is 0 Å². The predicted octanol–water partition coefficient (Wildman–Crippen LogP) is 2.60. The van der Waals surface area contributed by atoms with Crippen LogP contribution in [-0.4, -0.2) is 36.5 Å². The van der Waals surface area contributed by atoms with Gasteiger partial charge in [-0.15, -0.1) is 0 Å². The van der Waals surface area contributed by atoms with Crippen LogP contribution in [0.5, 0.6) is 0 Å². The van der Waals surface area contributed by atoms with Crippen molar-refractivity contribution in [3.8, 4) is 0 Å². The lowest BCUT2D eigenvalue weighted by Gasteiger charge is -2.32. The number of guanidine groups is 1. The summed E-state index contributed by atoms with van der Waals surface area (Å²) in [6.07, 6.45) is 3.35. The van der Waals surface area contributed by atoms with Crippen LogP contribution in [0.1, 0.15) is 43.9 Å². The molecule has 1 unspecified atom stereocenters. The topological polar surface area (TPSA) is 95.6 Å². The fraction of sp³-hybridized carbons (Fsp3) is 0.435. The van der Waals surface area contributed by atoms with Gasteiger partial charge in [-0.05, 0) is 38.3 Å². The van der Waals surface area contributed by atoms with Crippen LogP contribution in [-0.2, 0) is 11.3 Å². The fourth-order valence-corrected chi connectivity index (χ4v) is 3.73. The second kappa shape index (κ2) is 10.6. The quantitative estimate of drug-likeness (QED) is 0.483. The van der Waals surface area contributed by atoms with Gasteiger partial charge in [0.1, 0.15) is 5.82 Å². The Morgan fingerprint density at radius 2 is 1.97 bits per heavy atom. The highest BCUT2D eigenvalue weighted by molar-refractivity contribution is 5.80. The van der Waals surface area contributed by atoms with Gasteiger partial charge in [0, 0.05) is 37.3 Å². The average molecular weight is 409 g/mol. The number of pyridine rings is 1. The Bertz CT molecular complexity index is 846. The van der Waals surface area contributed by atoms with Gasteiger partial charge in [-0.1, -0.05) is 36.4 Å². The van der Waals surface area contributed by atoms with Gasteiger partial charge in [0.15, 0.2) is 5.96 Å². The van der Waals surface area contributed by atoms with Crippen molar-refractivity contribution in [1.82, 2.24) is 15.6 Å². The molecule has 1 aliphatic heterocycles. The summed E-state index contributed by atoms with van der Waals surface area (Å²) in [5, 5.41) is 6.80. The van der Waals surface area contributed by atoms with Gasteiger partial charge in [-0.25, -0.2) is 9.98 Å². The van der Waals surface area contributed by atoms with E-state index in [-0.39, 0.29) is 17.9 Å². The largest absolute Gasteiger partial charge is 0.369 e. The first kappa shape index (κ1) is 21.6. The first-order chi connectivity index (χ1) is 14.6. The highest BCUT2D eigenvalue weighted by atomic mass is 16.1. The first-order valence-corrected chi connectivity index (χ1v) is 10.7. The Kier molecular flexibility index (Phi) is 7.65. The zero-order valence-electron chi connectivity index (χ0n) is 17.8. The number of rotatable bonds is 7. The third-order valence-corrected chi connectivity index (χ3v) is 5.47. The average Bonchev–Trinajstić information content (AvgIpc) is 2.78. The summed E-state index contributed by atoms with van der Waals surface area (Å²) < 4.78 is 0. The number of primary amides is 1. The molecule has 0 saturated carbocycles. The standard InChI is InChI=1S/C23H32N6O/c1-3-25-23(28-17(2)18-8-5-4-6-9-18)27-16-20-10-7-13-26-22(20)29-14-11-19(12-15-29)21(24)30/h4-10,13,17,19H,3,11-12,14-16H2,1-2H3,(H2,24,30)(H2,25,27,28). The molecular weight excluding hydrogens is 376 g/mol. The van der Waals surface area contributed by atoms with E-state index in [1.807, 2.05) is 30.5 Å². The lowest BCUT2D eigenvalue weighted by atomic mass is 9.96. The molecule has 2 heterocycles. The zero-order valence-corrected chi connectivity index (χ0v) is 17.8. The molecule has 1 aromatic heterocycles. The van der Waals surface area contributed by atoms with Crippen molar-refractivity contribution in [2.75, 3.05) is 24.5 Å². The summed E-state index contributed by atoms with van der Waals surface area (Å²) in [5.41, 5.74) is 7.75. The molecule has 1 amide bonds. The number of nitrogens with two attached hydrogens (primary N) is 1. The lowest BCUT2D eigenvalue weighted by molar-refractivity contribution is -0.122. The molecule has 4 N–H and O–H groups in total. The highest BCUT2D eigenvalue weighted by Gasteiger charge is 2.24. The Morgan fingerprint density at radius 1 is 1.23 bits per heavy atom. The lowest BCUT2D eigenvalue weighted by Crippen LogP contribution is -2.39. The van der Waals surface area contributed by atoms with Crippen LogP contribution < -0.4 is 21.3 Å². The van der Waals surface area contributed by atoms with Crippen molar-refractivity contribution in [3.05, 3.63) is 59.8 Å². The van der Waals surface area contributed by atoms with Gasteiger partial charge < -0.3 is 21.3 Å². The number of carbonyl (C=O) groups excluding carboxylic acids is 1. The number of anilines is 1. The third-order valence-electron chi connectivity index (χ3n) is 5.47. The van der Waals surface area contributed by atoms with Gasteiger partial charge in [0.25, 0.3) is 0 Å². The molecular formula is C23H32N6O. The molecule has 160 valence electrons. The Morgan fingerprint density at radius 3 is 2.63 bits per heavy atom. The van der Waals surface area contributed by atoms with Crippen molar-refractivity contribution < 1.29 is 4.79 Å². The van der Waals surface area contributed by atoms with Gasteiger partial charge in [0.2, 0.25) is 5.91 Å². The van der Waals surface area contributed by atoms with Crippen LogP contribution in [0.2, 0.25) is 0 Å². The molecule has 2 aromatic rings. The number of hydrogen-bond donors (Lipinski definition) is 3. The Labute approximate surface area is 178 Å². The summed E-state index contributed by atoms with van der Waals surface area (Å²) in [7, 11) is 0. The number of benzene rings is 1. The number of nitrogens with one attached hydrogen (secondary N) is 2. The van der Waals surface area contributed by atoms with E-state index >= 15 is 0 Å². The minimum absolute atomic E-state index is 0.0320. The van der Waals surface area contributed by atoms with E-state index in [2.05, 4.69) is 52.6 Å². The van der Waals surface area contributed by atoms with Crippen LogP contribution in [0.3, 0.4) is 0 Å². The summed E-state index contributed by atoms with van der Waals surface area (Å²) in [5.74, 6) is 1.48. The van der Waals surface area contributed by atoms with Crippen LogP contribution in [0.15, 0.2) is 53.7 Å². The molecule has 1 aromatic carbocycles. The molecule has 1 atom stereocenters. The van der Waals surface area contributed by atoms with Gasteiger partial charge in [-0.3, -0.25) is 4.79 Å². The zero-order chi connectivity index (χ0) is 21.3. The molecule has 0 bridgehead atoms. The number of hydrogen-bond acceptors (Lipinski definition) is 4. The predicted molar refractivity (Wildman–Crippen MR) is 121 cm³/mol. The normalized spacial score (nSPS) is 16.2. The monoisotopic (exact) mass is 408 g/mol.